The Bertz CT molecular complexity index is 312. The van der Waals surface area contributed by atoms with E-state index in [1.54, 1.807) is 6.20 Å². The van der Waals surface area contributed by atoms with Crippen molar-refractivity contribution in [2.24, 2.45) is 0 Å². The summed E-state index contributed by atoms with van der Waals surface area (Å²) in [7, 11) is 0. The van der Waals surface area contributed by atoms with Crippen LogP contribution < -0.4 is 4.74 Å². The number of nitrogens with zero attached hydrogens (tertiary/aromatic N) is 2. The van der Waals surface area contributed by atoms with E-state index in [0.717, 1.165) is 13.0 Å². The van der Waals surface area contributed by atoms with Crippen LogP contribution in [0.5, 0.6) is 5.88 Å². The van der Waals surface area contributed by atoms with E-state index in [-0.39, 0.29) is 5.28 Å². The predicted molar refractivity (Wildman–Crippen MR) is 61.3 cm³/mol. The molecule has 0 aromatic carbocycles. The molecule has 0 radical (unpaired) electrons. The van der Waals surface area contributed by atoms with Crippen molar-refractivity contribution in [1.29, 1.82) is 0 Å². The molecule has 6 heteroatoms. The molecule has 0 fully saturated rings. The molecule has 0 spiro atoms. The summed E-state index contributed by atoms with van der Waals surface area (Å²) < 4.78 is 11.3. The summed E-state index contributed by atoms with van der Waals surface area (Å²) in [5.74, 6) is 0.440. The van der Waals surface area contributed by atoms with Crippen LogP contribution in [0.1, 0.15) is 13.3 Å². The Kier molecular flexibility index (Phi) is 5.90. The zero-order valence-electron chi connectivity index (χ0n) is 8.37. The van der Waals surface area contributed by atoms with Crippen molar-refractivity contribution in [2.45, 2.75) is 13.3 Å². The minimum atomic E-state index is 0.169. The van der Waals surface area contributed by atoms with Gasteiger partial charge < -0.3 is 9.47 Å². The summed E-state index contributed by atoms with van der Waals surface area (Å²) in [6.07, 6.45) is 2.56. The summed E-state index contributed by atoms with van der Waals surface area (Å²) in [5, 5.41) is 0.169. The van der Waals surface area contributed by atoms with Gasteiger partial charge in [0, 0.05) is 12.8 Å². The first kappa shape index (κ1) is 12.7. The lowest BCUT2D eigenvalue weighted by molar-refractivity contribution is 0.0987. The van der Waals surface area contributed by atoms with Crippen LogP contribution in [-0.4, -0.2) is 29.8 Å². The average molecular weight is 296 g/mol. The first-order chi connectivity index (χ1) is 7.24. The molecule has 0 N–H and O–H groups in total. The number of hydrogen-bond acceptors (Lipinski definition) is 4. The minimum Gasteiger partial charge on any atom is -0.474 e. The molecule has 84 valence electrons. The fraction of sp³-hybridized carbons (Fsp3) is 0.556. The van der Waals surface area contributed by atoms with Crippen LogP contribution in [0.15, 0.2) is 10.7 Å². The van der Waals surface area contributed by atoms with Crippen molar-refractivity contribution in [3.05, 3.63) is 16.0 Å². The lowest BCUT2D eigenvalue weighted by Gasteiger charge is -2.06. The molecular weight excluding hydrogens is 283 g/mol. The predicted octanol–water partition coefficient (Wildman–Crippen LogP) is 2.70. The number of aromatic nitrogens is 2. The van der Waals surface area contributed by atoms with Crippen LogP contribution in [0.3, 0.4) is 0 Å². The van der Waals surface area contributed by atoms with E-state index in [4.69, 9.17) is 21.1 Å². The van der Waals surface area contributed by atoms with Crippen LogP contribution in [-0.2, 0) is 4.74 Å². The van der Waals surface area contributed by atoms with Gasteiger partial charge >= 0.3 is 0 Å². The largest absolute Gasteiger partial charge is 0.474 e. The van der Waals surface area contributed by atoms with Gasteiger partial charge in [0.2, 0.25) is 11.2 Å². The molecule has 1 rings (SSSR count). The lowest BCUT2D eigenvalue weighted by atomic mass is 10.5. The molecule has 0 unspecified atom stereocenters. The highest BCUT2D eigenvalue weighted by molar-refractivity contribution is 9.10. The normalized spacial score (nSPS) is 10.3. The van der Waals surface area contributed by atoms with E-state index in [0.29, 0.717) is 23.6 Å². The maximum Gasteiger partial charge on any atom is 0.232 e. The third-order valence-corrected chi connectivity index (χ3v) is 2.22. The monoisotopic (exact) mass is 294 g/mol. The SMILES string of the molecule is CCCOCCOc1nc(Cl)ncc1Br. The molecule has 0 amide bonds. The molecule has 15 heavy (non-hydrogen) atoms. The van der Waals surface area contributed by atoms with Gasteiger partial charge in [-0.1, -0.05) is 6.92 Å². The third-order valence-electron chi connectivity index (χ3n) is 1.50. The van der Waals surface area contributed by atoms with Crippen LogP contribution in [0, 0.1) is 0 Å². The lowest BCUT2D eigenvalue weighted by Crippen LogP contribution is -2.08. The summed E-state index contributed by atoms with van der Waals surface area (Å²) >= 11 is 8.89. The standard InChI is InChI=1S/C9H12BrClN2O2/c1-2-3-14-4-5-15-8-7(10)6-12-9(11)13-8/h6H,2-5H2,1H3. The van der Waals surface area contributed by atoms with E-state index in [2.05, 4.69) is 32.8 Å². The van der Waals surface area contributed by atoms with Gasteiger partial charge in [-0.05, 0) is 34.0 Å². The number of hydrogen-bond donors (Lipinski definition) is 0. The van der Waals surface area contributed by atoms with Crippen molar-refractivity contribution in [3.63, 3.8) is 0 Å². The second-order valence-corrected chi connectivity index (χ2v) is 3.95. The van der Waals surface area contributed by atoms with Gasteiger partial charge in [0.15, 0.2) is 0 Å². The van der Waals surface area contributed by atoms with Crippen molar-refractivity contribution in [3.8, 4) is 5.88 Å². The van der Waals surface area contributed by atoms with E-state index >= 15 is 0 Å². The van der Waals surface area contributed by atoms with Crippen molar-refractivity contribution < 1.29 is 9.47 Å². The maximum atomic E-state index is 5.63. The van der Waals surface area contributed by atoms with Gasteiger partial charge in [0.25, 0.3) is 0 Å². The van der Waals surface area contributed by atoms with Gasteiger partial charge in [0.1, 0.15) is 6.61 Å². The Labute approximate surface area is 102 Å². The molecule has 0 saturated heterocycles. The highest BCUT2D eigenvalue weighted by atomic mass is 79.9. The highest BCUT2D eigenvalue weighted by Gasteiger charge is 2.04. The molecule has 0 aliphatic heterocycles. The second-order valence-electron chi connectivity index (χ2n) is 2.75. The van der Waals surface area contributed by atoms with Crippen molar-refractivity contribution in [2.75, 3.05) is 19.8 Å². The smallest absolute Gasteiger partial charge is 0.232 e. The second kappa shape index (κ2) is 6.98. The molecule has 0 bridgehead atoms. The van der Waals surface area contributed by atoms with E-state index in [1.165, 1.54) is 0 Å². The van der Waals surface area contributed by atoms with Gasteiger partial charge in [-0.25, -0.2) is 4.98 Å². The molecule has 1 aromatic rings. The van der Waals surface area contributed by atoms with Crippen LogP contribution in [0.2, 0.25) is 5.28 Å². The highest BCUT2D eigenvalue weighted by Crippen LogP contribution is 2.22. The molecule has 0 atom stereocenters. The Balaban J connectivity index is 2.33. The summed E-state index contributed by atoms with van der Waals surface area (Å²) in [4.78, 5) is 7.71. The molecule has 4 nitrogen and oxygen atoms in total. The van der Waals surface area contributed by atoms with Crippen LogP contribution in [0.25, 0.3) is 0 Å². The zero-order valence-corrected chi connectivity index (χ0v) is 10.7. The Morgan fingerprint density at radius 3 is 2.93 bits per heavy atom. The van der Waals surface area contributed by atoms with Crippen molar-refractivity contribution in [1.82, 2.24) is 9.97 Å². The average Bonchev–Trinajstić information content (AvgIpc) is 2.23. The molecule has 0 saturated carbocycles. The first-order valence-electron chi connectivity index (χ1n) is 4.62. The number of halogens is 2. The summed E-state index contributed by atoms with van der Waals surface area (Å²) in [6, 6.07) is 0. The summed E-state index contributed by atoms with van der Waals surface area (Å²) in [5.41, 5.74) is 0. The van der Waals surface area contributed by atoms with Crippen LogP contribution in [0.4, 0.5) is 0 Å². The first-order valence-corrected chi connectivity index (χ1v) is 5.79. The fourth-order valence-electron chi connectivity index (χ4n) is 0.876. The maximum absolute atomic E-state index is 5.63. The van der Waals surface area contributed by atoms with Gasteiger partial charge in [0.05, 0.1) is 11.1 Å². The molecule has 0 aliphatic carbocycles. The molecular formula is C9H12BrClN2O2. The van der Waals surface area contributed by atoms with Crippen molar-refractivity contribution >= 4 is 27.5 Å². The van der Waals surface area contributed by atoms with E-state index in [9.17, 15) is 0 Å². The molecule has 1 aromatic heterocycles. The topological polar surface area (TPSA) is 44.2 Å². The van der Waals surface area contributed by atoms with E-state index < -0.39 is 0 Å². The molecule has 0 aliphatic rings. The fourth-order valence-corrected chi connectivity index (χ4v) is 1.31. The van der Waals surface area contributed by atoms with Gasteiger partial charge in [-0.15, -0.1) is 0 Å². The Morgan fingerprint density at radius 2 is 2.20 bits per heavy atom. The number of ether oxygens (including phenoxy) is 2. The quantitative estimate of drug-likeness (QED) is 0.598. The van der Waals surface area contributed by atoms with Gasteiger partial charge in [-0.2, -0.15) is 4.98 Å². The third kappa shape index (κ3) is 4.77. The van der Waals surface area contributed by atoms with E-state index in [1.807, 2.05) is 0 Å². The number of rotatable bonds is 6. The minimum absolute atomic E-state index is 0.169. The van der Waals surface area contributed by atoms with Crippen LogP contribution >= 0.6 is 27.5 Å². The summed E-state index contributed by atoms with van der Waals surface area (Å²) in [6.45, 7) is 3.80. The zero-order chi connectivity index (χ0) is 11.1. The Morgan fingerprint density at radius 1 is 1.40 bits per heavy atom. The Hall–Kier alpha value is -0.390. The van der Waals surface area contributed by atoms with Gasteiger partial charge in [-0.3, -0.25) is 0 Å². The molecule has 1 heterocycles.